The maximum absolute atomic E-state index is 12.6. The van der Waals surface area contributed by atoms with E-state index in [-0.39, 0.29) is 11.8 Å². The van der Waals surface area contributed by atoms with Crippen molar-refractivity contribution in [3.63, 3.8) is 0 Å². The summed E-state index contributed by atoms with van der Waals surface area (Å²) in [5.74, 6) is -0.0562. The fourth-order valence-corrected chi connectivity index (χ4v) is 3.66. The minimum absolute atomic E-state index is 0.151. The minimum atomic E-state index is -0.207. The number of carbonyl (C=O) groups excluding carboxylic acids is 2. The third kappa shape index (κ3) is 5.20. The molecule has 2 amide bonds. The van der Waals surface area contributed by atoms with Gasteiger partial charge in [0.25, 0.3) is 5.91 Å². The molecule has 5 nitrogen and oxygen atoms in total. The molecule has 0 saturated carbocycles. The van der Waals surface area contributed by atoms with Gasteiger partial charge >= 0.3 is 0 Å². The second kappa shape index (κ2) is 9.30. The molecule has 0 unspecified atom stereocenters. The summed E-state index contributed by atoms with van der Waals surface area (Å²) in [6.45, 7) is 1.38. The van der Waals surface area contributed by atoms with Gasteiger partial charge in [-0.3, -0.25) is 9.59 Å². The van der Waals surface area contributed by atoms with Gasteiger partial charge < -0.3 is 16.0 Å². The van der Waals surface area contributed by atoms with Crippen LogP contribution in [-0.4, -0.2) is 23.3 Å². The van der Waals surface area contributed by atoms with Crippen LogP contribution in [0.15, 0.2) is 84.4 Å². The average Bonchev–Trinajstić information content (AvgIpc) is 2.78. The van der Waals surface area contributed by atoms with E-state index in [4.69, 9.17) is 5.73 Å². The number of para-hydroxylation sites is 2. The number of nitrogens with two attached hydrogens (primary N) is 1. The number of likely N-dealkylation sites (tertiary alicyclic amines) is 1. The Bertz CT molecular complexity index is 1110. The van der Waals surface area contributed by atoms with Crippen LogP contribution in [-0.2, 0) is 11.3 Å². The first-order valence-corrected chi connectivity index (χ1v) is 10.4. The molecule has 1 heterocycles. The smallest absolute Gasteiger partial charge is 0.255 e. The molecule has 1 aliphatic rings. The zero-order valence-corrected chi connectivity index (χ0v) is 17.3. The van der Waals surface area contributed by atoms with Crippen molar-refractivity contribution < 1.29 is 9.59 Å². The lowest BCUT2D eigenvalue weighted by atomic mass is 9.99. The fraction of sp³-hybridized carbons (Fsp3) is 0.154. The van der Waals surface area contributed by atoms with Crippen LogP contribution in [0, 0.1) is 0 Å². The number of amides is 2. The third-order valence-electron chi connectivity index (χ3n) is 5.40. The Morgan fingerprint density at radius 2 is 1.68 bits per heavy atom. The van der Waals surface area contributed by atoms with E-state index in [0.29, 0.717) is 29.9 Å². The van der Waals surface area contributed by atoms with Crippen molar-refractivity contribution in [3.8, 4) is 0 Å². The summed E-state index contributed by atoms with van der Waals surface area (Å²) >= 11 is 0. The van der Waals surface area contributed by atoms with Crippen LogP contribution in [0.3, 0.4) is 0 Å². The average molecular weight is 412 g/mol. The Balaban J connectivity index is 1.37. The molecular weight excluding hydrogens is 386 g/mol. The van der Waals surface area contributed by atoms with Crippen molar-refractivity contribution in [2.75, 3.05) is 17.6 Å². The van der Waals surface area contributed by atoms with E-state index in [9.17, 15) is 9.59 Å². The molecule has 0 aliphatic carbocycles. The lowest BCUT2D eigenvalue weighted by Gasteiger charge is -2.28. The van der Waals surface area contributed by atoms with Crippen molar-refractivity contribution in [2.24, 2.45) is 0 Å². The van der Waals surface area contributed by atoms with E-state index in [1.54, 1.807) is 24.3 Å². The van der Waals surface area contributed by atoms with Crippen molar-refractivity contribution >= 4 is 29.3 Å². The third-order valence-corrected chi connectivity index (χ3v) is 5.40. The fourth-order valence-electron chi connectivity index (χ4n) is 3.66. The summed E-state index contributed by atoms with van der Waals surface area (Å²) in [6, 6.07) is 24.6. The molecule has 0 radical (unpaired) electrons. The molecule has 0 atom stereocenters. The Morgan fingerprint density at radius 3 is 2.39 bits per heavy atom. The number of rotatable bonds is 5. The highest BCUT2D eigenvalue weighted by atomic mass is 16.2. The number of nitrogens with zero attached hydrogens (tertiary/aromatic N) is 1. The van der Waals surface area contributed by atoms with Crippen molar-refractivity contribution in [2.45, 2.75) is 19.4 Å². The van der Waals surface area contributed by atoms with Gasteiger partial charge in [0.2, 0.25) is 5.91 Å². The number of hydrogen-bond acceptors (Lipinski definition) is 3. The number of benzene rings is 3. The van der Waals surface area contributed by atoms with Crippen molar-refractivity contribution in [1.29, 1.82) is 0 Å². The summed E-state index contributed by atoms with van der Waals surface area (Å²) in [7, 11) is 0. The Labute approximate surface area is 182 Å². The molecule has 3 aromatic carbocycles. The van der Waals surface area contributed by atoms with Gasteiger partial charge in [0.1, 0.15) is 0 Å². The zero-order chi connectivity index (χ0) is 21.6. The molecule has 5 heteroatoms. The van der Waals surface area contributed by atoms with Crippen LogP contribution in [0.5, 0.6) is 0 Å². The van der Waals surface area contributed by atoms with Crippen LogP contribution >= 0.6 is 0 Å². The quantitative estimate of drug-likeness (QED) is 0.596. The Morgan fingerprint density at radius 1 is 0.968 bits per heavy atom. The predicted molar refractivity (Wildman–Crippen MR) is 124 cm³/mol. The van der Waals surface area contributed by atoms with E-state index >= 15 is 0 Å². The van der Waals surface area contributed by atoms with Gasteiger partial charge in [-0.2, -0.15) is 0 Å². The highest BCUT2D eigenvalue weighted by Gasteiger charge is 2.21. The second-order valence-corrected chi connectivity index (χ2v) is 7.69. The first-order valence-electron chi connectivity index (χ1n) is 10.4. The molecule has 156 valence electrons. The van der Waals surface area contributed by atoms with E-state index in [1.165, 1.54) is 0 Å². The lowest BCUT2D eigenvalue weighted by molar-refractivity contribution is -0.132. The molecule has 0 bridgehead atoms. The predicted octanol–water partition coefficient (Wildman–Crippen LogP) is 4.73. The highest BCUT2D eigenvalue weighted by molar-refractivity contribution is 6.05. The molecule has 3 aromatic rings. The summed E-state index contributed by atoms with van der Waals surface area (Å²) in [5, 5.41) is 2.83. The van der Waals surface area contributed by atoms with Crippen LogP contribution in [0.2, 0.25) is 0 Å². The zero-order valence-electron chi connectivity index (χ0n) is 17.3. The van der Waals surface area contributed by atoms with E-state index in [0.717, 1.165) is 29.7 Å². The van der Waals surface area contributed by atoms with E-state index < -0.39 is 0 Å². The molecule has 1 aliphatic heterocycles. The van der Waals surface area contributed by atoms with Crippen LogP contribution in [0.25, 0.3) is 6.08 Å². The lowest BCUT2D eigenvalue weighted by Crippen LogP contribution is -2.35. The number of hydrogen-bond donors (Lipinski definition) is 2. The molecular formula is C26H25N3O2. The van der Waals surface area contributed by atoms with E-state index in [2.05, 4.69) is 11.4 Å². The molecule has 0 aromatic heterocycles. The van der Waals surface area contributed by atoms with Crippen LogP contribution < -0.4 is 11.1 Å². The summed E-state index contributed by atoms with van der Waals surface area (Å²) in [6.07, 6.45) is 3.34. The topological polar surface area (TPSA) is 75.4 Å². The normalized spacial score (nSPS) is 15.2. The summed E-state index contributed by atoms with van der Waals surface area (Å²) < 4.78 is 0. The number of anilines is 2. The van der Waals surface area contributed by atoms with Gasteiger partial charge in [-0.1, -0.05) is 66.2 Å². The maximum atomic E-state index is 12.6. The number of nitrogen functional groups attached to an aromatic ring is 1. The largest absolute Gasteiger partial charge is 0.397 e. The molecule has 1 fully saturated rings. The standard InChI is InChI=1S/C26H25N3O2/c27-23-8-4-5-9-24(23)28-26(31)22-12-10-19(11-13-22)16-21-14-15-29(25(30)17-21)18-20-6-2-1-3-7-20/h1-13,16H,14-15,17-18,27H2,(H,28,31)/b21-16-. The van der Waals surface area contributed by atoms with Gasteiger partial charge in [0.15, 0.2) is 0 Å². The summed E-state index contributed by atoms with van der Waals surface area (Å²) in [5.41, 5.74) is 10.8. The first kappa shape index (κ1) is 20.4. The minimum Gasteiger partial charge on any atom is -0.397 e. The first-order chi connectivity index (χ1) is 15.1. The van der Waals surface area contributed by atoms with Gasteiger partial charge in [-0.05, 0) is 41.8 Å². The monoisotopic (exact) mass is 411 g/mol. The number of nitrogens with one attached hydrogen (secondary N) is 1. The van der Waals surface area contributed by atoms with Gasteiger partial charge in [0.05, 0.1) is 11.4 Å². The Kier molecular flexibility index (Phi) is 6.13. The number of carbonyl (C=O) groups is 2. The second-order valence-electron chi connectivity index (χ2n) is 7.69. The SMILES string of the molecule is Nc1ccccc1NC(=O)c1ccc(/C=C2/CCN(Cc3ccccc3)C(=O)C2)cc1. The molecule has 31 heavy (non-hydrogen) atoms. The number of piperidine rings is 1. The molecule has 1 saturated heterocycles. The molecule has 4 rings (SSSR count). The van der Waals surface area contributed by atoms with Crippen molar-refractivity contribution in [1.82, 2.24) is 4.90 Å². The Hall–Kier alpha value is -3.86. The maximum Gasteiger partial charge on any atom is 0.255 e. The van der Waals surface area contributed by atoms with Crippen LogP contribution in [0.1, 0.15) is 34.3 Å². The van der Waals surface area contributed by atoms with Gasteiger partial charge in [-0.15, -0.1) is 0 Å². The van der Waals surface area contributed by atoms with Crippen molar-refractivity contribution in [3.05, 3.63) is 101 Å². The van der Waals surface area contributed by atoms with Crippen LogP contribution in [0.4, 0.5) is 11.4 Å². The summed E-state index contributed by atoms with van der Waals surface area (Å²) in [4.78, 5) is 26.9. The highest BCUT2D eigenvalue weighted by Crippen LogP contribution is 2.23. The molecule has 3 N–H and O–H groups in total. The molecule has 0 spiro atoms. The van der Waals surface area contributed by atoms with Gasteiger partial charge in [0, 0.05) is 25.1 Å². The van der Waals surface area contributed by atoms with E-state index in [1.807, 2.05) is 59.5 Å². The van der Waals surface area contributed by atoms with Gasteiger partial charge in [-0.25, -0.2) is 0 Å².